The summed E-state index contributed by atoms with van der Waals surface area (Å²) in [6.07, 6.45) is 0. The lowest BCUT2D eigenvalue weighted by molar-refractivity contribution is 0.436. The van der Waals surface area contributed by atoms with E-state index >= 15 is 0 Å². The molecule has 16 aromatic rings. The van der Waals surface area contributed by atoms with Gasteiger partial charge < -0.3 is 13.9 Å². The zero-order chi connectivity index (χ0) is 64.5. The molecule has 20 rings (SSSR count). The van der Waals surface area contributed by atoms with E-state index in [1.165, 1.54) is 44.5 Å². The van der Waals surface area contributed by atoms with Gasteiger partial charge in [0.2, 0.25) is 0 Å². The van der Waals surface area contributed by atoms with Crippen LogP contribution in [-0.2, 0) is 10.8 Å². The predicted octanol–water partition coefficient (Wildman–Crippen LogP) is 22.9. The summed E-state index contributed by atoms with van der Waals surface area (Å²) in [5.74, 6) is 5.82. The van der Waals surface area contributed by atoms with Crippen LogP contribution < -0.4 is 9.47 Å². The van der Waals surface area contributed by atoms with Crippen molar-refractivity contribution in [3.05, 3.63) is 372 Å². The van der Waals surface area contributed by atoms with Crippen molar-refractivity contribution in [2.75, 3.05) is 0 Å². The topological polar surface area (TPSA) is 83.2 Å². The van der Waals surface area contributed by atoms with Gasteiger partial charge in [-0.25, -0.2) is 19.9 Å². The first-order chi connectivity index (χ1) is 48.6. The minimum absolute atomic E-state index is 0.561. The van der Waals surface area contributed by atoms with Crippen molar-refractivity contribution >= 4 is 11.3 Å². The Balaban J connectivity index is 0.676. The molecule has 1 atom stereocenters. The lowest BCUT2D eigenvalue weighted by Crippen LogP contribution is -2.32. The van der Waals surface area contributed by atoms with Gasteiger partial charge in [-0.15, -0.1) is 11.3 Å². The Morgan fingerprint density at radius 2 is 0.643 bits per heavy atom. The van der Waals surface area contributed by atoms with E-state index in [0.29, 0.717) is 28.9 Å². The molecule has 7 nitrogen and oxygen atoms in total. The van der Waals surface area contributed by atoms with E-state index in [2.05, 4.69) is 255 Å². The molecular weight excluding hydrogens is 1220 g/mol. The number of furan rings is 1. The first-order valence-electron chi connectivity index (χ1n) is 33.1. The summed E-state index contributed by atoms with van der Waals surface area (Å²) in [5.41, 5.74) is 23.9. The normalized spacial score (nSPS) is 14.4. The second kappa shape index (κ2) is 22.0. The van der Waals surface area contributed by atoms with E-state index in [0.717, 1.165) is 117 Å². The molecule has 4 aliphatic rings. The van der Waals surface area contributed by atoms with Crippen molar-refractivity contribution < 1.29 is 13.9 Å². The van der Waals surface area contributed by atoms with E-state index in [4.69, 9.17) is 33.8 Å². The molecule has 8 heteroatoms. The predicted molar refractivity (Wildman–Crippen MR) is 391 cm³/mol. The standard InChI is InChI=1S/C90H54N4O3S/c1-4-23-56(24-5-1)74-53-76(93-87(91-74)58-27-8-3-9-28-58)81-50-49-78(95-81)64-33-21-41-72-85(64)96-80-44-19-17-39-70(80)90(72)68-37-15-12-31-63(68)84-60(32-20-40-71(84)90)55-45-47-59(48-46-55)88-92-75(57-25-6-2-7-26-57)54-77(94-88)83-52-51-82(98-83)65-34-22-42-73-86(65)97-79-43-18-16-38-69(79)89(73)66-35-13-10-29-61(66)62-30-11-14-36-67(62)89/h1-54H. The van der Waals surface area contributed by atoms with Gasteiger partial charge in [0, 0.05) is 54.9 Å². The Bertz CT molecular complexity index is 5800. The number of hydrogen-bond acceptors (Lipinski definition) is 8. The first-order valence-corrected chi connectivity index (χ1v) is 33.9. The van der Waals surface area contributed by atoms with E-state index < -0.39 is 10.8 Å². The number of thiophene rings is 1. The maximum atomic E-state index is 7.18. The number of fused-ring (bicyclic) bond motifs is 18. The molecule has 0 N–H and O–H groups in total. The zero-order valence-electron chi connectivity index (χ0n) is 52.6. The Hall–Kier alpha value is -12.6. The van der Waals surface area contributed by atoms with Gasteiger partial charge in [0.15, 0.2) is 17.4 Å². The highest BCUT2D eigenvalue weighted by Gasteiger charge is 2.53. The van der Waals surface area contributed by atoms with E-state index in [9.17, 15) is 0 Å². The summed E-state index contributed by atoms with van der Waals surface area (Å²) in [7, 11) is 0. The van der Waals surface area contributed by atoms with Crippen LogP contribution >= 0.6 is 11.3 Å². The van der Waals surface area contributed by atoms with Crippen molar-refractivity contribution in [3.63, 3.8) is 0 Å². The van der Waals surface area contributed by atoms with Gasteiger partial charge in [-0.3, -0.25) is 0 Å². The smallest absolute Gasteiger partial charge is 0.160 e. The number of aromatic nitrogens is 4. The molecule has 458 valence electrons. The van der Waals surface area contributed by atoms with E-state index in [1.807, 2.05) is 72.8 Å². The van der Waals surface area contributed by atoms with Crippen molar-refractivity contribution in [1.29, 1.82) is 0 Å². The largest absolute Gasteiger partial charge is 0.456 e. The average molecular weight is 1270 g/mol. The molecule has 2 aliphatic carbocycles. The van der Waals surface area contributed by atoms with Gasteiger partial charge in [0.05, 0.1) is 38.4 Å². The molecule has 2 aliphatic heterocycles. The number of rotatable bonds is 9. The maximum Gasteiger partial charge on any atom is 0.160 e. The Labute approximate surface area is 570 Å². The van der Waals surface area contributed by atoms with Gasteiger partial charge in [0.25, 0.3) is 0 Å². The molecule has 98 heavy (non-hydrogen) atoms. The summed E-state index contributed by atoms with van der Waals surface area (Å²) in [5, 5.41) is 0. The molecule has 0 amide bonds. The molecule has 0 fully saturated rings. The van der Waals surface area contributed by atoms with Crippen LogP contribution in [0.4, 0.5) is 0 Å². The van der Waals surface area contributed by atoms with Crippen LogP contribution in [0.25, 0.3) is 122 Å². The SMILES string of the molecule is c1ccc(-c2cc(-c3ccc(-c4cccc5c4Oc4ccccc4C54c5ccccc5-c5c(-c6ccc(-c7nc(-c8ccccc8)cc(-c8ccc(-c9cccc%10c9Oc9ccccc9C%109c%10ccccc%10-c%10ccccc%109)s8)n7)cc6)cccc54)o3)nc(-c3ccccc3)n2)cc1. The van der Waals surface area contributed by atoms with Crippen molar-refractivity contribution in [1.82, 2.24) is 19.9 Å². The third-order valence-corrected chi connectivity index (χ3v) is 21.3. The van der Waals surface area contributed by atoms with Crippen LogP contribution in [0.1, 0.15) is 44.5 Å². The second-order valence-electron chi connectivity index (χ2n) is 25.4. The molecule has 0 bridgehead atoms. The van der Waals surface area contributed by atoms with Gasteiger partial charge >= 0.3 is 0 Å². The molecule has 12 aromatic carbocycles. The summed E-state index contributed by atoms with van der Waals surface area (Å²) in [6.45, 7) is 0. The van der Waals surface area contributed by atoms with Gasteiger partial charge in [-0.1, -0.05) is 267 Å². The minimum atomic E-state index is -0.752. The molecular formula is C90H54N4O3S. The lowest BCUT2D eigenvalue weighted by atomic mass is 9.65. The fraction of sp³-hybridized carbons (Fsp3) is 0.0222. The molecule has 0 saturated heterocycles. The van der Waals surface area contributed by atoms with Crippen LogP contribution in [-0.4, -0.2) is 19.9 Å². The van der Waals surface area contributed by atoms with Crippen LogP contribution in [0.2, 0.25) is 0 Å². The van der Waals surface area contributed by atoms with Crippen LogP contribution in [0.15, 0.2) is 332 Å². The molecule has 4 aromatic heterocycles. The van der Waals surface area contributed by atoms with Crippen LogP contribution in [0.3, 0.4) is 0 Å². The number of benzene rings is 12. The molecule has 2 spiro atoms. The average Bonchev–Trinajstić information content (AvgIpc) is 1.48. The number of ether oxygens (including phenoxy) is 2. The molecule has 6 heterocycles. The van der Waals surface area contributed by atoms with Crippen molar-refractivity contribution in [2.24, 2.45) is 0 Å². The molecule has 1 unspecified atom stereocenters. The van der Waals surface area contributed by atoms with Gasteiger partial charge in [-0.05, 0) is 116 Å². The Morgan fingerprint density at radius 1 is 0.245 bits per heavy atom. The van der Waals surface area contributed by atoms with E-state index in [1.54, 1.807) is 11.3 Å². The monoisotopic (exact) mass is 1270 g/mol. The fourth-order valence-corrected chi connectivity index (χ4v) is 17.0. The summed E-state index contributed by atoms with van der Waals surface area (Å²) in [4.78, 5) is 23.0. The van der Waals surface area contributed by atoms with Crippen molar-refractivity contribution in [3.8, 4) is 145 Å². The molecule has 0 saturated carbocycles. The molecule has 0 radical (unpaired) electrons. The van der Waals surface area contributed by atoms with Gasteiger partial charge in [0.1, 0.15) is 34.5 Å². The van der Waals surface area contributed by atoms with Crippen LogP contribution in [0.5, 0.6) is 23.0 Å². The Morgan fingerprint density at radius 3 is 1.26 bits per heavy atom. The fourth-order valence-electron chi connectivity index (χ4n) is 16.0. The highest BCUT2D eigenvalue weighted by molar-refractivity contribution is 7.18. The first kappa shape index (κ1) is 55.8. The highest BCUT2D eigenvalue weighted by Crippen LogP contribution is 2.66. The number of hydrogen-bond donors (Lipinski definition) is 0. The zero-order valence-corrected chi connectivity index (χ0v) is 53.4. The van der Waals surface area contributed by atoms with Crippen molar-refractivity contribution in [2.45, 2.75) is 10.8 Å². The third kappa shape index (κ3) is 8.35. The summed E-state index contributed by atoms with van der Waals surface area (Å²) in [6, 6.07) is 116. The van der Waals surface area contributed by atoms with Crippen LogP contribution in [0, 0.1) is 0 Å². The third-order valence-electron chi connectivity index (χ3n) is 20.2. The van der Waals surface area contributed by atoms with E-state index in [-0.39, 0.29) is 0 Å². The minimum Gasteiger partial charge on any atom is -0.456 e. The number of nitrogens with zero attached hydrogens (tertiary/aromatic N) is 4. The Kier molecular flexibility index (Phi) is 12.5. The second-order valence-corrected chi connectivity index (χ2v) is 26.4. The summed E-state index contributed by atoms with van der Waals surface area (Å²) >= 11 is 1.72. The number of para-hydroxylation sites is 4. The maximum absolute atomic E-state index is 7.18. The van der Waals surface area contributed by atoms with Gasteiger partial charge in [-0.2, -0.15) is 0 Å². The quantitative estimate of drug-likeness (QED) is 0.142. The summed E-state index contributed by atoms with van der Waals surface area (Å²) < 4.78 is 21.2. The highest BCUT2D eigenvalue weighted by atomic mass is 32.1. The lowest BCUT2D eigenvalue weighted by Gasteiger charge is -2.40.